The first-order valence-corrected chi connectivity index (χ1v) is 13.1. The largest absolute Gasteiger partial charge is 0.351 e. The number of benzene rings is 3. The molecule has 37 heavy (non-hydrogen) atoms. The van der Waals surface area contributed by atoms with Crippen LogP contribution in [-0.4, -0.2) is 14.7 Å². The molecule has 3 aromatic carbocycles. The van der Waals surface area contributed by atoms with Crippen LogP contribution in [0.1, 0.15) is 45.9 Å². The van der Waals surface area contributed by atoms with E-state index in [1.165, 1.54) is 44.5 Å². The number of nitrogens with one attached hydrogen (secondary N) is 1. The molecule has 0 spiro atoms. The summed E-state index contributed by atoms with van der Waals surface area (Å²) in [7, 11) is 0. The van der Waals surface area contributed by atoms with Crippen molar-refractivity contribution in [1.82, 2.24) is 14.9 Å². The Morgan fingerprint density at radius 2 is 1.59 bits per heavy atom. The number of rotatable bonds is 4. The fourth-order valence-corrected chi connectivity index (χ4v) is 6.03. The van der Waals surface area contributed by atoms with Crippen LogP contribution in [0, 0.1) is 27.7 Å². The molecule has 0 unspecified atom stereocenters. The highest BCUT2D eigenvalue weighted by atomic mass is 32.1. The van der Waals surface area contributed by atoms with Gasteiger partial charge in [0.15, 0.2) is 5.11 Å². The molecule has 184 valence electrons. The molecule has 4 nitrogen and oxygen atoms in total. The number of aryl methyl sites for hydroxylation is 3. The summed E-state index contributed by atoms with van der Waals surface area (Å²) in [4.78, 5) is 7.01. The van der Waals surface area contributed by atoms with Crippen LogP contribution in [-0.2, 0) is 0 Å². The van der Waals surface area contributed by atoms with E-state index < -0.39 is 0 Å². The average molecular weight is 503 g/mol. The third-order valence-electron chi connectivity index (χ3n) is 7.66. The van der Waals surface area contributed by atoms with Crippen molar-refractivity contribution in [2.75, 3.05) is 4.90 Å². The van der Waals surface area contributed by atoms with Gasteiger partial charge in [-0.25, -0.2) is 0 Å². The number of hydrogen-bond donors (Lipinski definition) is 1. The number of thiocarbonyl (C=S) groups is 1. The lowest BCUT2D eigenvalue weighted by Crippen LogP contribution is -2.29. The van der Waals surface area contributed by atoms with Gasteiger partial charge >= 0.3 is 0 Å². The van der Waals surface area contributed by atoms with Crippen molar-refractivity contribution in [1.29, 1.82) is 0 Å². The van der Waals surface area contributed by atoms with Crippen molar-refractivity contribution < 1.29 is 0 Å². The van der Waals surface area contributed by atoms with E-state index in [-0.39, 0.29) is 12.1 Å². The molecule has 0 radical (unpaired) electrons. The zero-order chi connectivity index (χ0) is 25.7. The third-order valence-corrected chi connectivity index (χ3v) is 7.98. The van der Waals surface area contributed by atoms with Crippen LogP contribution >= 0.6 is 12.2 Å². The number of fused-ring (bicyclic) bond motifs is 1. The predicted octanol–water partition coefficient (Wildman–Crippen LogP) is 7.44. The molecule has 1 saturated heterocycles. The Bertz CT molecular complexity index is 1630. The molecule has 1 aliphatic heterocycles. The summed E-state index contributed by atoms with van der Waals surface area (Å²) in [6, 6.07) is 30.0. The van der Waals surface area contributed by atoms with Crippen LogP contribution in [0.3, 0.4) is 0 Å². The molecular formula is C32H30N4S. The summed E-state index contributed by atoms with van der Waals surface area (Å²) in [5.41, 5.74) is 9.44. The SMILES string of the molecule is Cc1ccc(N2C(=S)N[C@@H](c3ccccn3)[C@H]2c2cc(C)n(-c3cccc4ccccc34)c2C)cc1C. The summed E-state index contributed by atoms with van der Waals surface area (Å²) >= 11 is 5.97. The van der Waals surface area contributed by atoms with Crippen molar-refractivity contribution in [2.24, 2.45) is 0 Å². The van der Waals surface area contributed by atoms with Gasteiger partial charge in [0.2, 0.25) is 0 Å². The summed E-state index contributed by atoms with van der Waals surface area (Å²) in [5.74, 6) is 0. The minimum Gasteiger partial charge on any atom is -0.351 e. The number of nitrogens with zero attached hydrogens (tertiary/aromatic N) is 3. The summed E-state index contributed by atoms with van der Waals surface area (Å²) in [6.07, 6.45) is 1.86. The maximum atomic E-state index is 5.97. The van der Waals surface area contributed by atoms with E-state index >= 15 is 0 Å². The normalized spacial score (nSPS) is 17.4. The highest BCUT2D eigenvalue weighted by Crippen LogP contribution is 2.44. The van der Waals surface area contributed by atoms with Gasteiger partial charge in [-0.3, -0.25) is 4.98 Å². The zero-order valence-corrected chi connectivity index (χ0v) is 22.4. The topological polar surface area (TPSA) is 33.1 Å². The van der Waals surface area contributed by atoms with Gasteiger partial charge in [0.1, 0.15) is 0 Å². The molecule has 2 aromatic heterocycles. The second-order valence-electron chi connectivity index (χ2n) is 9.93. The smallest absolute Gasteiger partial charge is 0.174 e. The van der Waals surface area contributed by atoms with Gasteiger partial charge < -0.3 is 14.8 Å². The first kappa shape index (κ1) is 23.4. The molecule has 3 heterocycles. The molecule has 5 aromatic rings. The van der Waals surface area contributed by atoms with Crippen LogP contribution in [0.4, 0.5) is 5.69 Å². The standard InChI is InChI=1S/C32H30N4S/c1-20-15-16-25(18-21(20)2)36-31(30(34-32(36)37)28-13-7-8-17-33-28)27-19-22(3)35(23(27)4)29-14-9-11-24-10-5-6-12-26(24)29/h5-19,30-31H,1-4H3,(H,34,37)/t30-,31+/m0/s1. The van der Waals surface area contributed by atoms with E-state index in [1.54, 1.807) is 0 Å². The average Bonchev–Trinajstić information content (AvgIpc) is 3.40. The highest BCUT2D eigenvalue weighted by Gasteiger charge is 2.42. The molecule has 0 aliphatic carbocycles. The van der Waals surface area contributed by atoms with Crippen molar-refractivity contribution >= 4 is 33.8 Å². The fraction of sp³-hybridized carbons (Fsp3) is 0.188. The molecule has 1 N–H and O–H groups in total. The molecule has 0 amide bonds. The second kappa shape index (κ2) is 9.16. The Morgan fingerprint density at radius 3 is 2.38 bits per heavy atom. The quantitative estimate of drug-likeness (QED) is 0.259. The lowest BCUT2D eigenvalue weighted by Gasteiger charge is -2.28. The number of hydrogen-bond acceptors (Lipinski definition) is 2. The lowest BCUT2D eigenvalue weighted by atomic mass is 9.96. The van der Waals surface area contributed by atoms with Crippen molar-refractivity contribution in [3.8, 4) is 5.69 Å². The van der Waals surface area contributed by atoms with Gasteiger partial charge in [-0.1, -0.05) is 48.5 Å². The maximum absolute atomic E-state index is 5.97. The van der Waals surface area contributed by atoms with Gasteiger partial charge in [0, 0.05) is 28.7 Å². The molecule has 0 saturated carbocycles. The molecule has 6 rings (SSSR count). The predicted molar refractivity (Wildman–Crippen MR) is 157 cm³/mol. The van der Waals surface area contributed by atoms with E-state index in [1.807, 2.05) is 18.3 Å². The van der Waals surface area contributed by atoms with E-state index in [2.05, 4.69) is 115 Å². The van der Waals surface area contributed by atoms with Crippen LogP contribution < -0.4 is 10.2 Å². The van der Waals surface area contributed by atoms with Gasteiger partial charge in [-0.15, -0.1) is 0 Å². The van der Waals surface area contributed by atoms with Gasteiger partial charge in [-0.2, -0.15) is 0 Å². The highest BCUT2D eigenvalue weighted by molar-refractivity contribution is 7.80. The Hall–Kier alpha value is -3.96. The Kier molecular flexibility index (Phi) is 5.81. The minimum absolute atomic E-state index is 0.0422. The zero-order valence-electron chi connectivity index (χ0n) is 21.6. The number of aromatic nitrogens is 2. The van der Waals surface area contributed by atoms with Crippen molar-refractivity contribution in [3.63, 3.8) is 0 Å². The van der Waals surface area contributed by atoms with Crippen LogP contribution in [0.15, 0.2) is 91.1 Å². The van der Waals surface area contributed by atoms with Crippen molar-refractivity contribution in [3.05, 3.63) is 125 Å². The number of pyridine rings is 1. The van der Waals surface area contributed by atoms with Gasteiger partial charge in [0.25, 0.3) is 0 Å². The summed E-state index contributed by atoms with van der Waals surface area (Å²) < 4.78 is 2.38. The summed E-state index contributed by atoms with van der Waals surface area (Å²) in [5, 5.41) is 6.81. The molecule has 1 fully saturated rings. The van der Waals surface area contributed by atoms with E-state index in [4.69, 9.17) is 17.2 Å². The fourth-order valence-electron chi connectivity index (χ4n) is 5.69. The minimum atomic E-state index is -0.0724. The van der Waals surface area contributed by atoms with Crippen LogP contribution in [0.25, 0.3) is 16.5 Å². The Balaban J connectivity index is 1.55. The van der Waals surface area contributed by atoms with Crippen LogP contribution in [0.5, 0.6) is 0 Å². The van der Waals surface area contributed by atoms with Gasteiger partial charge in [-0.05, 0) is 98.4 Å². The van der Waals surface area contributed by atoms with E-state index in [9.17, 15) is 0 Å². The van der Waals surface area contributed by atoms with E-state index in [0.717, 1.165) is 16.5 Å². The Labute approximate surface area is 223 Å². The first-order valence-electron chi connectivity index (χ1n) is 12.7. The van der Waals surface area contributed by atoms with Crippen molar-refractivity contribution in [2.45, 2.75) is 39.8 Å². The monoisotopic (exact) mass is 502 g/mol. The molecule has 1 aliphatic rings. The van der Waals surface area contributed by atoms with Crippen LogP contribution in [0.2, 0.25) is 0 Å². The van der Waals surface area contributed by atoms with E-state index in [0.29, 0.717) is 0 Å². The molecule has 5 heteroatoms. The second-order valence-corrected chi connectivity index (χ2v) is 10.3. The maximum Gasteiger partial charge on any atom is 0.174 e. The lowest BCUT2D eigenvalue weighted by molar-refractivity contribution is 0.565. The molecular weight excluding hydrogens is 472 g/mol. The third kappa shape index (κ3) is 3.91. The Morgan fingerprint density at radius 1 is 0.811 bits per heavy atom. The number of anilines is 1. The van der Waals surface area contributed by atoms with Gasteiger partial charge in [0.05, 0.1) is 23.5 Å². The first-order chi connectivity index (χ1) is 17.9. The molecule has 2 atom stereocenters. The summed E-state index contributed by atoms with van der Waals surface area (Å²) in [6.45, 7) is 8.71. The molecule has 0 bridgehead atoms.